The van der Waals surface area contributed by atoms with Crippen LogP contribution in [-0.4, -0.2) is 18.0 Å². The Bertz CT molecular complexity index is 756. The van der Waals surface area contributed by atoms with Crippen molar-refractivity contribution in [2.24, 2.45) is 0 Å². The van der Waals surface area contributed by atoms with Crippen molar-refractivity contribution >= 4 is 29.3 Å². The first-order chi connectivity index (χ1) is 11.0. The van der Waals surface area contributed by atoms with Gasteiger partial charge in [-0.2, -0.15) is 0 Å². The molecule has 23 heavy (non-hydrogen) atoms. The second kappa shape index (κ2) is 7.42. The van der Waals surface area contributed by atoms with Gasteiger partial charge in [-0.25, -0.2) is 4.79 Å². The Labute approximate surface area is 137 Å². The molecule has 6 nitrogen and oxygen atoms in total. The van der Waals surface area contributed by atoms with Gasteiger partial charge in [0, 0.05) is 11.1 Å². The van der Waals surface area contributed by atoms with Gasteiger partial charge < -0.3 is 9.47 Å². The van der Waals surface area contributed by atoms with Crippen LogP contribution in [0.25, 0.3) is 6.08 Å². The van der Waals surface area contributed by atoms with Gasteiger partial charge in [0.05, 0.1) is 18.1 Å². The summed E-state index contributed by atoms with van der Waals surface area (Å²) in [6, 6.07) is 10.8. The van der Waals surface area contributed by atoms with Gasteiger partial charge in [-0.3, -0.25) is 10.1 Å². The van der Waals surface area contributed by atoms with Crippen LogP contribution in [0.4, 0.5) is 5.69 Å². The van der Waals surface area contributed by atoms with E-state index in [0.717, 1.165) is 5.56 Å². The largest absolute Gasteiger partial charge is 0.496 e. The molecule has 0 spiro atoms. The Morgan fingerprint density at radius 3 is 2.52 bits per heavy atom. The molecule has 0 aliphatic carbocycles. The smallest absolute Gasteiger partial charge is 0.336 e. The molecule has 0 aliphatic rings. The maximum absolute atomic E-state index is 11.8. The zero-order valence-electron chi connectivity index (χ0n) is 12.1. The Kier molecular flexibility index (Phi) is 5.32. The molecule has 0 aliphatic heterocycles. The quantitative estimate of drug-likeness (QED) is 0.273. The molecule has 0 N–H and O–H groups in total. The third kappa shape index (κ3) is 4.55. The van der Waals surface area contributed by atoms with Crippen molar-refractivity contribution in [1.29, 1.82) is 0 Å². The first-order valence-electron chi connectivity index (χ1n) is 6.47. The molecule has 2 aromatic rings. The lowest BCUT2D eigenvalue weighted by molar-refractivity contribution is -0.385. The van der Waals surface area contributed by atoms with Gasteiger partial charge in [0.25, 0.3) is 0 Å². The molecule has 0 bridgehead atoms. The zero-order chi connectivity index (χ0) is 16.8. The van der Waals surface area contributed by atoms with Crippen molar-refractivity contribution in [1.82, 2.24) is 0 Å². The van der Waals surface area contributed by atoms with Crippen LogP contribution in [0, 0.1) is 10.1 Å². The van der Waals surface area contributed by atoms with E-state index in [1.165, 1.54) is 37.5 Å². The number of ether oxygens (including phenoxy) is 2. The first-order valence-corrected chi connectivity index (χ1v) is 6.85. The fourth-order valence-corrected chi connectivity index (χ4v) is 1.86. The van der Waals surface area contributed by atoms with Crippen LogP contribution in [-0.2, 0) is 4.79 Å². The summed E-state index contributed by atoms with van der Waals surface area (Å²) < 4.78 is 9.91. The highest BCUT2D eigenvalue weighted by Gasteiger charge is 2.18. The Hall–Kier alpha value is -2.86. The number of nitrogens with zero attached hydrogens (tertiary/aromatic N) is 1. The van der Waals surface area contributed by atoms with Gasteiger partial charge in [-0.05, 0) is 35.9 Å². The summed E-state index contributed by atoms with van der Waals surface area (Å²) in [7, 11) is 1.39. The van der Waals surface area contributed by atoms with Crippen LogP contribution >= 0.6 is 11.6 Å². The van der Waals surface area contributed by atoms with E-state index in [1.807, 2.05) is 0 Å². The van der Waals surface area contributed by atoms with Crippen LogP contribution in [0.2, 0.25) is 5.02 Å². The first kappa shape index (κ1) is 16.5. The topological polar surface area (TPSA) is 78.7 Å². The van der Waals surface area contributed by atoms with Gasteiger partial charge in [0.1, 0.15) is 5.75 Å². The summed E-state index contributed by atoms with van der Waals surface area (Å²) in [6.45, 7) is 0. The molecule has 0 saturated heterocycles. The summed E-state index contributed by atoms with van der Waals surface area (Å²) in [5.74, 6) is -0.581. The second-order valence-corrected chi connectivity index (χ2v) is 4.83. The Balaban J connectivity index is 2.13. The molecule has 0 aromatic heterocycles. The van der Waals surface area contributed by atoms with E-state index in [9.17, 15) is 14.9 Å². The lowest BCUT2D eigenvalue weighted by Crippen LogP contribution is -2.06. The number of nitro benzene ring substituents is 1. The number of benzene rings is 2. The van der Waals surface area contributed by atoms with E-state index >= 15 is 0 Å². The highest BCUT2D eigenvalue weighted by atomic mass is 35.5. The van der Waals surface area contributed by atoms with Gasteiger partial charge in [0.15, 0.2) is 0 Å². The molecule has 2 rings (SSSR count). The van der Waals surface area contributed by atoms with E-state index in [-0.39, 0.29) is 11.4 Å². The summed E-state index contributed by atoms with van der Waals surface area (Å²) in [5, 5.41) is 11.6. The van der Waals surface area contributed by atoms with E-state index in [0.29, 0.717) is 10.8 Å². The lowest BCUT2D eigenvalue weighted by atomic mass is 10.2. The minimum Gasteiger partial charge on any atom is -0.496 e. The molecule has 0 heterocycles. The molecule has 2 aromatic carbocycles. The maximum Gasteiger partial charge on any atom is 0.336 e. The van der Waals surface area contributed by atoms with Gasteiger partial charge >= 0.3 is 11.7 Å². The number of halogens is 1. The van der Waals surface area contributed by atoms with Crippen molar-refractivity contribution in [3.05, 3.63) is 69.2 Å². The van der Waals surface area contributed by atoms with Crippen molar-refractivity contribution in [2.75, 3.05) is 7.11 Å². The fourth-order valence-electron chi connectivity index (χ4n) is 1.73. The Morgan fingerprint density at radius 2 is 1.91 bits per heavy atom. The Morgan fingerprint density at radius 1 is 1.22 bits per heavy atom. The van der Waals surface area contributed by atoms with Crippen LogP contribution in [0.3, 0.4) is 0 Å². The predicted molar refractivity (Wildman–Crippen MR) is 85.8 cm³/mol. The van der Waals surface area contributed by atoms with Gasteiger partial charge in [-0.15, -0.1) is 0 Å². The lowest BCUT2D eigenvalue weighted by Gasteiger charge is -2.04. The molecule has 0 unspecified atom stereocenters. The highest BCUT2D eigenvalue weighted by Crippen LogP contribution is 2.31. The normalized spacial score (nSPS) is 10.5. The summed E-state index contributed by atoms with van der Waals surface area (Å²) in [6.07, 6.45) is 2.70. The predicted octanol–water partition coefficient (Wildman–Crippen LogP) is 3.88. The number of hydrogen-bond acceptors (Lipinski definition) is 5. The third-order valence-corrected chi connectivity index (χ3v) is 3.11. The highest BCUT2D eigenvalue weighted by molar-refractivity contribution is 6.30. The van der Waals surface area contributed by atoms with Gasteiger partial charge in [0.2, 0.25) is 5.75 Å². The van der Waals surface area contributed by atoms with Gasteiger partial charge in [-0.1, -0.05) is 23.7 Å². The minimum absolute atomic E-state index is 0.151. The molecule has 0 amide bonds. The average Bonchev–Trinajstić information content (AvgIpc) is 2.54. The zero-order valence-corrected chi connectivity index (χ0v) is 12.8. The van der Waals surface area contributed by atoms with E-state index in [4.69, 9.17) is 21.1 Å². The van der Waals surface area contributed by atoms with Crippen molar-refractivity contribution < 1.29 is 19.2 Å². The third-order valence-electron chi connectivity index (χ3n) is 2.86. The standard InChI is InChI=1S/C16H12ClNO5/c1-22-13-7-8-15(14(10-13)18(20)21)23-16(19)9-4-11-2-5-12(17)6-3-11/h2-10H,1H3/b9-4+. The molecule has 0 radical (unpaired) electrons. The van der Waals surface area contributed by atoms with Crippen LogP contribution < -0.4 is 9.47 Å². The fraction of sp³-hybridized carbons (Fsp3) is 0.0625. The van der Waals surface area contributed by atoms with Crippen molar-refractivity contribution in [2.45, 2.75) is 0 Å². The summed E-state index contributed by atoms with van der Waals surface area (Å²) in [4.78, 5) is 22.2. The monoisotopic (exact) mass is 333 g/mol. The number of nitro groups is 1. The number of esters is 1. The molecular weight excluding hydrogens is 322 g/mol. The maximum atomic E-state index is 11.8. The van der Waals surface area contributed by atoms with Crippen LogP contribution in [0.1, 0.15) is 5.56 Å². The number of carbonyl (C=O) groups excluding carboxylic acids is 1. The molecular formula is C16H12ClNO5. The molecule has 7 heteroatoms. The summed E-state index contributed by atoms with van der Waals surface area (Å²) in [5.41, 5.74) is 0.396. The second-order valence-electron chi connectivity index (χ2n) is 4.40. The van der Waals surface area contributed by atoms with Crippen molar-refractivity contribution in [3.63, 3.8) is 0 Å². The van der Waals surface area contributed by atoms with Crippen LogP contribution in [0.5, 0.6) is 11.5 Å². The van der Waals surface area contributed by atoms with E-state index in [2.05, 4.69) is 0 Å². The number of methoxy groups -OCH3 is 1. The van der Waals surface area contributed by atoms with Crippen molar-refractivity contribution in [3.8, 4) is 11.5 Å². The SMILES string of the molecule is COc1ccc(OC(=O)/C=C/c2ccc(Cl)cc2)c([N+](=O)[O-])c1. The molecule has 0 saturated carbocycles. The summed E-state index contributed by atoms with van der Waals surface area (Å²) >= 11 is 5.76. The molecule has 0 atom stereocenters. The number of carbonyl (C=O) groups is 1. The number of hydrogen-bond donors (Lipinski definition) is 0. The van der Waals surface area contributed by atoms with Crippen LogP contribution in [0.15, 0.2) is 48.5 Å². The minimum atomic E-state index is -0.729. The van der Waals surface area contributed by atoms with E-state index in [1.54, 1.807) is 24.3 Å². The average molecular weight is 334 g/mol. The molecule has 0 fully saturated rings. The van der Waals surface area contributed by atoms with E-state index < -0.39 is 10.9 Å². The molecule has 118 valence electrons. The number of rotatable bonds is 5.